The molecule has 0 radical (unpaired) electrons. The van der Waals surface area contributed by atoms with Crippen LogP contribution in [0.25, 0.3) is 6.08 Å². The highest BCUT2D eigenvalue weighted by molar-refractivity contribution is 5.91. The van der Waals surface area contributed by atoms with E-state index in [2.05, 4.69) is 10.6 Å². The van der Waals surface area contributed by atoms with E-state index in [0.29, 0.717) is 11.3 Å². The number of benzene rings is 3. The fourth-order valence-corrected chi connectivity index (χ4v) is 4.62. The van der Waals surface area contributed by atoms with Gasteiger partial charge in [0.05, 0.1) is 12.0 Å². The molecule has 0 aliphatic rings. The predicted octanol–water partition coefficient (Wildman–Crippen LogP) is 6.54. The van der Waals surface area contributed by atoms with Gasteiger partial charge in [-0.25, -0.2) is 9.18 Å². The van der Waals surface area contributed by atoms with Gasteiger partial charge in [0.25, 0.3) is 0 Å². The van der Waals surface area contributed by atoms with Gasteiger partial charge in [-0.1, -0.05) is 87.5 Å². The minimum atomic E-state index is -1.46. The van der Waals surface area contributed by atoms with Crippen molar-refractivity contribution in [1.29, 1.82) is 0 Å². The van der Waals surface area contributed by atoms with Gasteiger partial charge >= 0.3 is 5.97 Å². The molecule has 8 nitrogen and oxygen atoms in total. The maximum atomic E-state index is 14.8. The highest BCUT2D eigenvalue weighted by atomic mass is 19.1. The standard InChI is InChI=1S/C35H41FN2O6/c1-6-43-30(34(41)42)27(19-13-14-24-20-21-29(28(36)22-24)44-26-17-11-8-12-18-26)32(39)38-31(35(3,4)5)33(40)37-23(2)25-15-9-7-10-16-25/h7-18,20-23,27,30-31H,6,19H2,1-5H3,(H,37,40)(H,38,39)(H,41,42)/b14-13+/t23-,27-,30+,31-/m1/s1. The van der Waals surface area contributed by atoms with Gasteiger partial charge in [0, 0.05) is 6.61 Å². The van der Waals surface area contributed by atoms with Crippen LogP contribution in [0.1, 0.15) is 58.2 Å². The number of hydrogen-bond donors (Lipinski definition) is 3. The molecule has 0 spiro atoms. The summed E-state index contributed by atoms with van der Waals surface area (Å²) >= 11 is 0. The van der Waals surface area contributed by atoms with Crippen LogP contribution in [0, 0.1) is 17.2 Å². The van der Waals surface area contributed by atoms with E-state index in [0.717, 1.165) is 5.56 Å². The summed E-state index contributed by atoms with van der Waals surface area (Å²) in [6.07, 6.45) is 1.69. The number of carboxylic acids is 1. The molecular weight excluding hydrogens is 563 g/mol. The first-order valence-corrected chi connectivity index (χ1v) is 14.6. The van der Waals surface area contributed by atoms with Gasteiger partial charge in [0.1, 0.15) is 11.8 Å². The summed E-state index contributed by atoms with van der Waals surface area (Å²) in [5.41, 5.74) is 0.704. The number of ether oxygens (including phenoxy) is 2. The Kier molecular flexibility index (Phi) is 12.2. The zero-order valence-electron chi connectivity index (χ0n) is 25.8. The lowest BCUT2D eigenvalue weighted by Crippen LogP contribution is -2.56. The van der Waals surface area contributed by atoms with Crippen molar-refractivity contribution in [2.24, 2.45) is 11.3 Å². The molecule has 0 fully saturated rings. The monoisotopic (exact) mass is 604 g/mol. The van der Waals surface area contributed by atoms with Crippen molar-refractivity contribution in [2.75, 3.05) is 6.61 Å². The third-order valence-corrected chi connectivity index (χ3v) is 6.99. The van der Waals surface area contributed by atoms with Crippen molar-refractivity contribution in [3.05, 3.63) is 102 Å². The quantitative estimate of drug-likeness (QED) is 0.193. The van der Waals surface area contributed by atoms with Crippen LogP contribution in [0.5, 0.6) is 11.5 Å². The van der Waals surface area contributed by atoms with Crippen molar-refractivity contribution < 1.29 is 33.4 Å². The molecule has 3 N–H and O–H groups in total. The van der Waals surface area contributed by atoms with E-state index in [9.17, 15) is 23.9 Å². The Morgan fingerprint density at radius 3 is 2.14 bits per heavy atom. The molecule has 3 aromatic rings. The molecule has 0 unspecified atom stereocenters. The average molecular weight is 605 g/mol. The number of halogens is 1. The van der Waals surface area contributed by atoms with Gasteiger partial charge in [0.15, 0.2) is 17.7 Å². The summed E-state index contributed by atoms with van der Waals surface area (Å²) in [6.45, 7) is 9.00. The number of carbonyl (C=O) groups is 3. The third-order valence-electron chi connectivity index (χ3n) is 6.99. The zero-order valence-corrected chi connectivity index (χ0v) is 25.8. The maximum Gasteiger partial charge on any atom is 0.333 e. The minimum Gasteiger partial charge on any atom is -0.479 e. The van der Waals surface area contributed by atoms with E-state index in [1.807, 2.05) is 64.1 Å². The number of para-hydroxylation sites is 1. The molecule has 0 aliphatic carbocycles. The molecule has 2 amide bonds. The van der Waals surface area contributed by atoms with Crippen LogP contribution < -0.4 is 15.4 Å². The molecule has 0 bridgehead atoms. The largest absolute Gasteiger partial charge is 0.479 e. The Hall–Kier alpha value is -4.50. The van der Waals surface area contributed by atoms with Crippen molar-refractivity contribution >= 4 is 23.9 Å². The van der Waals surface area contributed by atoms with Crippen molar-refractivity contribution in [2.45, 2.75) is 59.2 Å². The highest BCUT2D eigenvalue weighted by Crippen LogP contribution is 2.26. The molecule has 0 heterocycles. The fraction of sp³-hybridized carbons (Fsp3) is 0.343. The molecule has 0 saturated carbocycles. The lowest BCUT2D eigenvalue weighted by atomic mass is 9.85. The van der Waals surface area contributed by atoms with Crippen LogP contribution in [-0.2, 0) is 19.1 Å². The van der Waals surface area contributed by atoms with Crippen molar-refractivity contribution in [3.63, 3.8) is 0 Å². The molecule has 0 aromatic heterocycles. The number of hydrogen-bond acceptors (Lipinski definition) is 5. The van der Waals surface area contributed by atoms with Gasteiger partial charge in [-0.3, -0.25) is 9.59 Å². The van der Waals surface area contributed by atoms with Gasteiger partial charge in [-0.15, -0.1) is 0 Å². The molecule has 0 aliphatic heterocycles. The van der Waals surface area contributed by atoms with E-state index in [4.69, 9.17) is 9.47 Å². The highest BCUT2D eigenvalue weighted by Gasteiger charge is 2.39. The van der Waals surface area contributed by atoms with Crippen LogP contribution in [0.2, 0.25) is 0 Å². The van der Waals surface area contributed by atoms with Crippen LogP contribution in [0.4, 0.5) is 4.39 Å². The number of allylic oxidation sites excluding steroid dienone is 1. The average Bonchev–Trinajstić information content (AvgIpc) is 2.98. The lowest BCUT2D eigenvalue weighted by molar-refractivity contribution is -0.158. The first-order chi connectivity index (χ1) is 20.9. The number of nitrogens with one attached hydrogen (secondary N) is 2. The SMILES string of the molecule is CCO[C@H](C(=O)O)[C@@H](C/C=C/c1ccc(Oc2ccccc2)c(F)c1)C(=O)N[C@H](C(=O)N[C@H](C)c1ccccc1)C(C)(C)C. The van der Waals surface area contributed by atoms with Crippen LogP contribution in [0.15, 0.2) is 84.9 Å². The molecule has 9 heteroatoms. The number of carboxylic acid groups (broad SMARTS) is 1. The summed E-state index contributed by atoms with van der Waals surface area (Å²) in [7, 11) is 0. The van der Waals surface area contributed by atoms with Crippen LogP contribution >= 0.6 is 0 Å². The first kappa shape index (κ1) is 34.0. The second-order valence-electron chi connectivity index (χ2n) is 11.5. The smallest absolute Gasteiger partial charge is 0.333 e. The predicted molar refractivity (Wildman–Crippen MR) is 167 cm³/mol. The Morgan fingerprint density at radius 1 is 0.932 bits per heavy atom. The molecule has 0 saturated heterocycles. The molecule has 234 valence electrons. The molecule has 3 rings (SSSR count). The van der Waals surface area contributed by atoms with Crippen LogP contribution in [-0.4, -0.2) is 41.6 Å². The molecule has 4 atom stereocenters. The van der Waals surface area contributed by atoms with Gasteiger partial charge < -0.3 is 25.2 Å². The van der Waals surface area contributed by atoms with E-state index in [1.165, 1.54) is 12.1 Å². The topological polar surface area (TPSA) is 114 Å². The lowest BCUT2D eigenvalue weighted by Gasteiger charge is -2.33. The Labute approximate surface area is 258 Å². The Morgan fingerprint density at radius 2 is 1.57 bits per heavy atom. The van der Waals surface area contributed by atoms with Gasteiger partial charge in [-0.2, -0.15) is 0 Å². The maximum absolute atomic E-state index is 14.8. The van der Waals surface area contributed by atoms with Crippen molar-refractivity contribution in [1.82, 2.24) is 10.6 Å². The fourth-order valence-electron chi connectivity index (χ4n) is 4.62. The molecule has 3 aromatic carbocycles. The van der Waals surface area contributed by atoms with E-state index in [1.54, 1.807) is 49.4 Å². The van der Waals surface area contributed by atoms with E-state index >= 15 is 0 Å². The summed E-state index contributed by atoms with van der Waals surface area (Å²) in [6, 6.07) is 21.4. The molecular formula is C35H41FN2O6. The van der Waals surface area contributed by atoms with Gasteiger partial charge in [0.2, 0.25) is 11.8 Å². The second kappa shape index (κ2) is 15.8. The number of carbonyl (C=O) groups excluding carboxylic acids is 2. The summed E-state index contributed by atoms with van der Waals surface area (Å²) in [5.74, 6) is -3.53. The van der Waals surface area contributed by atoms with E-state index < -0.39 is 47.1 Å². The number of aliphatic carboxylic acids is 1. The summed E-state index contributed by atoms with van der Waals surface area (Å²) < 4.78 is 25.8. The number of amides is 2. The van der Waals surface area contributed by atoms with Gasteiger partial charge in [-0.05, 0) is 61.1 Å². The normalized spacial score (nSPS) is 14.3. The minimum absolute atomic E-state index is 0.0361. The third kappa shape index (κ3) is 9.77. The van der Waals surface area contributed by atoms with E-state index in [-0.39, 0.29) is 24.8 Å². The van der Waals surface area contributed by atoms with Crippen LogP contribution in [0.3, 0.4) is 0 Å². The first-order valence-electron chi connectivity index (χ1n) is 14.6. The zero-order chi connectivity index (χ0) is 32.3. The Bertz CT molecular complexity index is 1420. The second-order valence-corrected chi connectivity index (χ2v) is 11.5. The summed E-state index contributed by atoms with van der Waals surface area (Å²) in [5, 5.41) is 15.6. The Balaban J connectivity index is 1.78. The molecule has 44 heavy (non-hydrogen) atoms. The summed E-state index contributed by atoms with van der Waals surface area (Å²) in [4.78, 5) is 39.2. The number of rotatable bonds is 14. The van der Waals surface area contributed by atoms with Crippen molar-refractivity contribution in [3.8, 4) is 11.5 Å².